The minimum absolute atomic E-state index is 0.0165. The molecule has 0 spiro atoms. The Morgan fingerprint density at radius 2 is 2.16 bits per heavy atom. The molecule has 0 saturated carbocycles. The molecule has 3 N–H and O–H groups in total. The van der Waals surface area contributed by atoms with Gasteiger partial charge in [0.05, 0.1) is 19.6 Å². The fraction of sp³-hybridized carbons (Fsp3) is 0.467. The lowest BCUT2D eigenvalue weighted by Gasteiger charge is -2.31. The summed E-state index contributed by atoms with van der Waals surface area (Å²) in [5.74, 6) is -1.41. The van der Waals surface area contributed by atoms with Crippen LogP contribution in [-0.4, -0.2) is 51.3 Å². The highest BCUT2D eigenvalue weighted by Gasteiger charge is 2.35. The molecule has 1 atom stereocenters. The molecule has 1 heterocycles. The molecule has 0 radical (unpaired) electrons. The predicted molar refractivity (Wildman–Crippen MR) is 91.7 cm³/mol. The first-order valence-corrected chi connectivity index (χ1v) is 9.47. The van der Waals surface area contributed by atoms with Crippen molar-refractivity contribution in [1.82, 2.24) is 9.62 Å². The zero-order valence-electron chi connectivity index (χ0n) is 13.7. The smallest absolute Gasteiger partial charge is 0.246 e. The van der Waals surface area contributed by atoms with Crippen LogP contribution in [0.1, 0.15) is 12.8 Å². The Morgan fingerprint density at radius 1 is 1.44 bits per heavy atom. The highest BCUT2D eigenvalue weighted by Crippen LogP contribution is 2.31. The number of halogens is 1. The van der Waals surface area contributed by atoms with E-state index in [0.717, 1.165) is 0 Å². The fourth-order valence-corrected chi connectivity index (χ4v) is 4.63. The number of nitrogens with zero attached hydrogens (tertiary/aromatic N) is 1. The lowest BCUT2D eigenvalue weighted by atomic mass is 9.99. The van der Waals surface area contributed by atoms with Crippen molar-refractivity contribution in [3.63, 3.8) is 0 Å². The largest absolute Gasteiger partial charge is 0.495 e. The minimum Gasteiger partial charge on any atom is -0.495 e. The Labute approximate surface area is 151 Å². The van der Waals surface area contributed by atoms with Crippen molar-refractivity contribution in [2.75, 3.05) is 26.7 Å². The van der Waals surface area contributed by atoms with Crippen LogP contribution < -0.4 is 15.8 Å². The van der Waals surface area contributed by atoms with Crippen LogP contribution >= 0.6 is 11.6 Å². The van der Waals surface area contributed by atoms with Crippen molar-refractivity contribution in [3.05, 3.63) is 23.2 Å². The van der Waals surface area contributed by atoms with Crippen LogP contribution in [0.2, 0.25) is 5.02 Å². The molecule has 0 bridgehead atoms. The number of ether oxygens (including phenoxy) is 1. The number of piperidine rings is 1. The molecule has 2 rings (SSSR count). The monoisotopic (exact) mass is 389 g/mol. The standard InChI is InChI=1S/C15H20ClN3O5S/c1-24-12-5-4-11(16)7-13(12)25(22,23)19-6-2-3-10(9-19)15(21)18-8-14(17)20/h4-5,7,10H,2-3,6,8-9H2,1H3,(H2,17,20)(H,18,21)/t10-/m0/s1. The van der Waals surface area contributed by atoms with Gasteiger partial charge in [-0.05, 0) is 31.0 Å². The van der Waals surface area contributed by atoms with Crippen molar-refractivity contribution in [3.8, 4) is 5.75 Å². The van der Waals surface area contributed by atoms with Gasteiger partial charge in [0.2, 0.25) is 21.8 Å². The van der Waals surface area contributed by atoms with E-state index in [1.54, 1.807) is 0 Å². The van der Waals surface area contributed by atoms with Crippen LogP contribution in [0.25, 0.3) is 0 Å². The summed E-state index contributed by atoms with van der Waals surface area (Å²) < 4.78 is 32.2. The number of nitrogens with one attached hydrogen (secondary N) is 1. The lowest BCUT2D eigenvalue weighted by Crippen LogP contribution is -2.46. The molecule has 0 unspecified atom stereocenters. The molecule has 1 aromatic rings. The maximum atomic E-state index is 12.9. The Morgan fingerprint density at radius 3 is 2.80 bits per heavy atom. The number of primary amides is 1. The van der Waals surface area contributed by atoms with E-state index < -0.39 is 27.8 Å². The number of hydrogen-bond donors (Lipinski definition) is 2. The number of sulfonamides is 1. The summed E-state index contributed by atoms with van der Waals surface area (Å²) in [4.78, 5) is 22.8. The summed E-state index contributed by atoms with van der Waals surface area (Å²) in [5, 5.41) is 2.68. The Bertz CT molecular complexity index is 768. The first kappa shape index (κ1) is 19.5. The average Bonchev–Trinajstić information content (AvgIpc) is 2.59. The van der Waals surface area contributed by atoms with Crippen LogP contribution in [0.4, 0.5) is 0 Å². The quantitative estimate of drug-likeness (QED) is 0.727. The molecule has 1 aliphatic rings. The first-order chi connectivity index (χ1) is 11.8. The van der Waals surface area contributed by atoms with Gasteiger partial charge in [-0.25, -0.2) is 8.42 Å². The highest BCUT2D eigenvalue weighted by atomic mass is 35.5. The van der Waals surface area contributed by atoms with Gasteiger partial charge in [-0.2, -0.15) is 4.31 Å². The van der Waals surface area contributed by atoms with Crippen molar-refractivity contribution in [2.24, 2.45) is 11.7 Å². The number of hydrogen-bond acceptors (Lipinski definition) is 5. The van der Waals surface area contributed by atoms with Crippen molar-refractivity contribution < 1.29 is 22.7 Å². The molecule has 10 heteroatoms. The van der Waals surface area contributed by atoms with Crippen LogP contribution in [0.15, 0.2) is 23.1 Å². The van der Waals surface area contributed by atoms with E-state index in [4.69, 9.17) is 22.1 Å². The van der Waals surface area contributed by atoms with Gasteiger partial charge in [0.25, 0.3) is 0 Å². The molecular weight excluding hydrogens is 370 g/mol. The van der Waals surface area contributed by atoms with Gasteiger partial charge in [0, 0.05) is 18.1 Å². The van der Waals surface area contributed by atoms with E-state index in [-0.39, 0.29) is 35.3 Å². The second-order valence-corrected chi connectivity index (χ2v) is 8.02. The Hall–Kier alpha value is -1.84. The molecule has 1 aromatic carbocycles. The SMILES string of the molecule is COc1ccc(Cl)cc1S(=O)(=O)N1CCC[C@H](C(=O)NCC(N)=O)C1. The molecule has 25 heavy (non-hydrogen) atoms. The summed E-state index contributed by atoms with van der Waals surface area (Å²) >= 11 is 5.92. The third-order valence-electron chi connectivity index (χ3n) is 3.94. The maximum Gasteiger partial charge on any atom is 0.246 e. The second-order valence-electron chi connectivity index (χ2n) is 5.68. The predicted octanol–water partition coefficient (Wildman–Crippen LogP) is 0.351. The van der Waals surface area contributed by atoms with E-state index in [1.165, 1.54) is 29.6 Å². The third kappa shape index (κ3) is 4.62. The average molecular weight is 390 g/mol. The van der Waals surface area contributed by atoms with E-state index in [1.807, 2.05) is 0 Å². The summed E-state index contributed by atoms with van der Waals surface area (Å²) in [6.45, 7) is 0.0321. The number of rotatable bonds is 6. The number of nitrogens with two attached hydrogens (primary N) is 1. The van der Waals surface area contributed by atoms with Crippen molar-refractivity contribution in [2.45, 2.75) is 17.7 Å². The molecular formula is C15H20ClN3O5S. The molecule has 1 fully saturated rings. The number of amides is 2. The van der Waals surface area contributed by atoms with Crippen molar-refractivity contribution >= 4 is 33.4 Å². The zero-order chi connectivity index (χ0) is 18.6. The second kappa shape index (κ2) is 8.03. The molecule has 1 saturated heterocycles. The van der Waals surface area contributed by atoms with Crippen molar-refractivity contribution in [1.29, 1.82) is 0 Å². The van der Waals surface area contributed by atoms with Gasteiger partial charge in [-0.3, -0.25) is 9.59 Å². The molecule has 8 nitrogen and oxygen atoms in total. The summed E-state index contributed by atoms with van der Waals surface area (Å²) in [5.41, 5.74) is 5.00. The molecule has 0 aliphatic carbocycles. The van der Waals surface area contributed by atoms with E-state index in [9.17, 15) is 18.0 Å². The Kier molecular flexibility index (Phi) is 6.26. The topological polar surface area (TPSA) is 119 Å². The number of benzene rings is 1. The van der Waals surface area contributed by atoms with Crippen LogP contribution in [-0.2, 0) is 19.6 Å². The van der Waals surface area contributed by atoms with Gasteiger partial charge < -0.3 is 15.8 Å². The van der Waals surface area contributed by atoms with Gasteiger partial charge in [0.1, 0.15) is 10.6 Å². The molecule has 0 aromatic heterocycles. The third-order valence-corrected chi connectivity index (χ3v) is 6.06. The summed E-state index contributed by atoms with van der Waals surface area (Å²) in [6, 6.07) is 4.35. The summed E-state index contributed by atoms with van der Waals surface area (Å²) in [7, 11) is -2.50. The molecule has 2 amide bonds. The number of carbonyl (C=O) groups is 2. The van der Waals surface area contributed by atoms with E-state index in [0.29, 0.717) is 12.8 Å². The van der Waals surface area contributed by atoms with Gasteiger partial charge >= 0.3 is 0 Å². The van der Waals surface area contributed by atoms with Crippen LogP contribution in [0.5, 0.6) is 5.75 Å². The Balaban J connectivity index is 2.21. The number of carbonyl (C=O) groups excluding carboxylic acids is 2. The van der Waals surface area contributed by atoms with Gasteiger partial charge in [0.15, 0.2) is 0 Å². The molecule has 1 aliphatic heterocycles. The lowest BCUT2D eigenvalue weighted by molar-refractivity contribution is -0.128. The maximum absolute atomic E-state index is 12.9. The number of methoxy groups -OCH3 is 1. The van der Waals surface area contributed by atoms with Gasteiger partial charge in [-0.15, -0.1) is 0 Å². The summed E-state index contributed by atoms with van der Waals surface area (Å²) in [6.07, 6.45) is 1.06. The normalized spacial score (nSPS) is 18.6. The molecule has 138 valence electrons. The first-order valence-electron chi connectivity index (χ1n) is 7.65. The van der Waals surface area contributed by atoms with E-state index >= 15 is 0 Å². The van der Waals surface area contributed by atoms with Gasteiger partial charge in [-0.1, -0.05) is 11.6 Å². The minimum atomic E-state index is -3.87. The zero-order valence-corrected chi connectivity index (χ0v) is 15.3. The fourth-order valence-electron chi connectivity index (χ4n) is 2.68. The van der Waals surface area contributed by atoms with Crippen LogP contribution in [0.3, 0.4) is 0 Å². The van der Waals surface area contributed by atoms with E-state index in [2.05, 4.69) is 5.32 Å². The highest BCUT2D eigenvalue weighted by molar-refractivity contribution is 7.89. The van der Waals surface area contributed by atoms with Crippen LogP contribution in [0, 0.1) is 5.92 Å².